The second-order valence-electron chi connectivity index (χ2n) is 7.58. The maximum atomic E-state index is 13.4. The van der Waals surface area contributed by atoms with E-state index in [4.69, 9.17) is 10.5 Å². The molecular formula is C26H23N3O3S3. The number of thiazole rings is 1. The first-order chi connectivity index (χ1) is 16.9. The Hall–Kier alpha value is -3.19. The summed E-state index contributed by atoms with van der Waals surface area (Å²) in [4.78, 5) is 28.8. The van der Waals surface area contributed by atoms with Crippen molar-refractivity contribution in [2.24, 2.45) is 5.73 Å². The largest absolute Gasteiger partial charge is 0.463 e. The van der Waals surface area contributed by atoms with Gasteiger partial charge >= 0.3 is 5.97 Å². The normalized spacial score (nSPS) is 15.7. The highest BCUT2D eigenvalue weighted by Gasteiger charge is 2.36. The van der Waals surface area contributed by atoms with Crippen LogP contribution in [0.25, 0.3) is 17.5 Å². The van der Waals surface area contributed by atoms with Crippen molar-refractivity contribution in [3.05, 3.63) is 84.8 Å². The van der Waals surface area contributed by atoms with E-state index in [9.17, 15) is 14.9 Å². The standard InChI is InChI=1S/C26H23N3O3S3/c1-4-32-26(31)22-21(16-7-11-18(34-3)12-8-16)19(14-27)23(28)29-24(30)20(35-25(22)29)13-15-5-9-17(33-2)10-6-15/h5-13,21H,4,28H2,1-3H3/b20-13+/t21-/m0/s1. The van der Waals surface area contributed by atoms with Crippen LogP contribution in [0, 0.1) is 11.3 Å². The average Bonchev–Trinajstić information content (AvgIpc) is 3.20. The van der Waals surface area contributed by atoms with Gasteiger partial charge in [-0.3, -0.25) is 9.36 Å². The Bertz CT molecular complexity index is 1530. The zero-order valence-electron chi connectivity index (χ0n) is 19.4. The van der Waals surface area contributed by atoms with Gasteiger partial charge in [0.15, 0.2) is 0 Å². The number of carbonyl (C=O) groups is 1. The van der Waals surface area contributed by atoms with Crippen LogP contribution in [-0.2, 0) is 9.53 Å². The van der Waals surface area contributed by atoms with E-state index in [0.717, 1.165) is 20.9 Å². The van der Waals surface area contributed by atoms with Crippen LogP contribution in [0.4, 0.5) is 0 Å². The number of benzene rings is 2. The van der Waals surface area contributed by atoms with Crippen molar-refractivity contribution in [1.29, 1.82) is 5.26 Å². The van der Waals surface area contributed by atoms with Gasteiger partial charge in [-0.25, -0.2) is 4.79 Å². The fourth-order valence-electron chi connectivity index (χ4n) is 3.93. The first kappa shape index (κ1) is 24.9. The second-order valence-corrected chi connectivity index (χ2v) is 10.4. The predicted molar refractivity (Wildman–Crippen MR) is 144 cm³/mol. The summed E-state index contributed by atoms with van der Waals surface area (Å²) >= 11 is 4.40. The summed E-state index contributed by atoms with van der Waals surface area (Å²) in [5.41, 5.74) is 8.01. The van der Waals surface area contributed by atoms with Crippen LogP contribution in [0.1, 0.15) is 24.0 Å². The SMILES string of the molecule is CCOC(=O)C1=c2s/c(=C/c3ccc(SC)cc3)c(=O)n2C(N)=C(C#N)[C@@H]1c1ccc(SC)cc1. The third kappa shape index (κ3) is 4.69. The molecule has 0 bridgehead atoms. The van der Waals surface area contributed by atoms with Crippen LogP contribution < -0.4 is 20.5 Å². The van der Waals surface area contributed by atoms with Gasteiger partial charge in [-0.2, -0.15) is 5.26 Å². The molecule has 1 atom stereocenters. The van der Waals surface area contributed by atoms with Gasteiger partial charge in [-0.1, -0.05) is 24.3 Å². The lowest BCUT2D eigenvalue weighted by Crippen LogP contribution is -2.40. The number of fused-ring (bicyclic) bond motifs is 1. The van der Waals surface area contributed by atoms with E-state index in [1.165, 1.54) is 15.9 Å². The van der Waals surface area contributed by atoms with Gasteiger partial charge in [0.2, 0.25) is 0 Å². The first-order valence-electron chi connectivity index (χ1n) is 10.8. The van der Waals surface area contributed by atoms with Gasteiger partial charge in [0.05, 0.1) is 34.3 Å². The molecule has 0 fully saturated rings. The Balaban J connectivity index is 2.03. The third-order valence-corrected chi connectivity index (χ3v) is 8.22. The molecule has 1 aliphatic rings. The van der Waals surface area contributed by atoms with Crippen molar-refractivity contribution in [3.8, 4) is 6.07 Å². The van der Waals surface area contributed by atoms with Gasteiger partial charge in [-0.15, -0.1) is 34.9 Å². The minimum Gasteiger partial charge on any atom is -0.463 e. The maximum absolute atomic E-state index is 13.4. The molecule has 0 unspecified atom stereocenters. The van der Waals surface area contributed by atoms with Gasteiger partial charge in [0.1, 0.15) is 10.5 Å². The minimum absolute atomic E-state index is 0.0353. The fourth-order valence-corrected chi connectivity index (χ4v) is 5.92. The highest BCUT2D eigenvalue weighted by Crippen LogP contribution is 2.37. The molecule has 1 aliphatic heterocycles. The summed E-state index contributed by atoms with van der Waals surface area (Å²) in [5, 5.41) is 10.1. The van der Waals surface area contributed by atoms with E-state index in [1.54, 1.807) is 36.5 Å². The molecule has 0 spiro atoms. The maximum Gasteiger partial charge on any atom is 0.338 e. The number of rotatable bonds is 6. The molecule has 9 heteroatoms. The lowest BCUT2D eigenvalue weighted by atomic mass is 9.84. The van der Waals surface area contributed by atoms with Gasteiger partial charge < -0.3 is 10.5 Å². The molecule has 0 amide bonds. The van der Waals surface area contributed by atoms with Crippen molar-refractivity contribution in [2.45, 2.75) is 22.6 Å². The smallest absolute Gasteiger partial charge is 0.338 e. The Morgan fingerprint density at radius 3 is 2.29 bits per heavy atom. The highest BCUT2D eigenvalue weighted by molar-refractivity contribution is 7.98. The molecule has 3 aromatic rings. The molecule has 2 aromatic carbocycles. The van der Waals surface area contributed by atoms with Crippen LogP contribution in [0.3, 0.4) is 0 Å². The molecule has 6 nitrogen and oxygen atoms in total. The highest BCUT2D eigenvalue weighted by atomic mass is 32.2. The van der Waals surface area contributed by atoms with Crippen LogP contribution in [0.5, 0.6) is 0 Å². The average molecular weight is 522 g/mol. The molecule has 35 heavy (non-hydrogen) atoms. The fraction of sp³-hybridized carbons (Fsp3) is 0.192. The number of carbonyl (C=O) groups excluding carboxylic acids is 1. The lowest BCUT2D eigenvalue weighted by Gasteiger charge is -2.24. The predicted octanol–water partition coefficient (Wildman–Crippen LogP) is 3.34. The molecule has 1 aromatic heterocycles. The molecule has 0 aliphatic carbocycles. The molecule has 0 saturated heterocycles. The van der Waals surface area contributed by atoms with E-state index < -0.39 is 11.9 Å². The topological polar surface area (TPSA) is 98.1 Å². The number of nitriles is 1. The Labute approximate surface area is 215 Å². The Morgan fingerprint density at radius 2 is 1.74 bits per heavy atom. The van der Waals surface area contributed by atoms with E-state index >= 15 is 0 Å². The first-order valence-corrected chi connectivity index (χ1v) is 14.0. The molecule has 0 saturated carbocycles. The van der Waals surface area contributed by atoms with Gasteiger partial charge in [0, 0.05) is 9.79 Å². The minimum atomic E-state index is -0.735. The lowest BCUT2D eigenvalue weighted by molar-refractivity contribution is -0.136. The summed E-state index contributed by atoms with van der Waals surface area (Å²) < 4.78 is 7.45. The quantitative estimate of drug-likeness (QED) is 0.392. The summed E-state index contributed by atoms with van der Waals surface area (Å²) in [7, 11) is 0. The Morgan fingerprint density at radius 1 is 1.14 bits per heavy atom. The van der Waals surface area contributed by atoms with E-state index in [1.807, 2.05) is 61.0 Å². The second kappa shape index (κ2) is 10.6. The molecule has 0 radical (unpaired) electrons. The van der Waals surface area contributed by atoms with Gasteiger partial charge in [-0.05, 0) is 60.9 Å². The number of nitrogens with two attached hydrogens (primary N) is 1. The molecule has 4 rings (SSSR count). The number of thioether (sulfide) groups is 2. The van der Waals surface area contributed by atoms with Crippen molar-refractivity contribution in [3.63, 3.8) is 0 Å². The third-order valence-electron chi connectivity index (χ3n) is 5.63. The number of hydrogen-bond acceptors (Lipinski definition) is 8. The van der Waals surface area contributed by atoms with Crippen LogP contribution in [0.2, 0.25) is 0 Å². The molecule has 2 heterocycles. The molecule has 2 N–H and O–H groups in total. The van der Waals surface area contributed by atoms with Crippen LogP contribution >= 0.6 is 34.9 Å². The molecule has 178 valence electrons. The summed E-state index contributed by atoms with van der Waals surface area (Å²) in [6.45, 7) is 1.88. The summed E-state index contributed by atoms with van der Waals surface area (Å²) in [6, 6.07) is 17.6. The number of allylic oxidation sites excluding steroid dienone is 1. The zero-order valence-corrected chi connectivity index (χ0v) is 21.9. The van der Waals surface area contributed by atoms with E-state index in [-0.39, 0.29) is 29.1 Å². The van der Waals surface area contributed by atoms with E-state index in [2.05, 4.69) is 6.07 Å². The summed E-state index contributed by atoms with van der Waals surface area (Å²) in [5.74, 6) is -1.27. The molecular weight excluding hydrogens is 499 g/mol. The van der Waals surface area contributed by atoms with Crippen molar-refractivity contribution < 1.29 is 9.53 Å². The summed E-state index contributed by atoms with van der Waals surface area (Å²) in [6.07, 6.45) is 5.74. The number of nitrogens with zero attached hydrogens (tertiary/aromatic N) is 2. The Kier molecular flexibility index (Phi) is 7.55. The van der Waals surface area contributed by atoms with Crippen molar-refractivity contribution >= 4 is 58.3 Å². The van der Waals surface area contributed by atoms with Crippen LogP contribution in [0.15, 0.2) is 68.7 Å². The number of ether oxygens (including phenoxy) is 1. The van der Waals surface area contributed by atoms with E-state index in [0.29, 0.717) is 9.20 Å². The van der Waals surface area contributed by atoms with Crippen LogP contribution in [-0.4, -0.2) is 29.7 Å². The van der Waals surface area contributed by atoms with Crippen molar-refractivity contribution in [1.82, 2.24) is 4.57 Å². The zero-order chi connectivity index (χ0) is 25.1. The van der Waals surface area contributed by atoms with Gasteiger partial charge in [0.25, 0.3) is 5.56 Å². The number of hydrogen-bond donors (Lipinski definition) is 1. The monoisotopic (exact) mass is 521 g/mol. The number of esters is 1. The van der Waals surface area contributed by atoms with Crippen molar-refractivity contribution in [2.75, 3.05) is 19.1 Å². The number of aromatic nitrogens is 1.